The van der Waals surface area contributed by atoms with Crippen LogP contribution in [0.5, 0.6) is 0 Å². The lowest BCUT2D eigenvalue weighted by molar-refractivity contribution is -0.189. The van der Waals surface area contributed by atoms with E-state index in [1.54, 1.807) is 14.0 Å². The van der Waals surface area contributed by atoms with Crippen molar-refractivity contribution in [2.45, 2.75) is 110 Å². The van der Waals surface area contributed by atoms with Gasteiger partial charge < -0.3 is 14.0 Å². The maximum absolute atomic E-state index is 13.1. The molecule has 0 saturated heterocycles. The second-order valence-electron chi connectivity index (χ2n) is 13.2. The molecular formula is C28H45NO5Si. The molecule has 4 aliphatic rings. The summed E-state index contributed by atoms with van der Waals surface area (Å²) in [6.45, 7) is 16.8. The summed E-state index contributed by atoms with van der Waals surface area (Å²) < 4.78 is 13.0. The van der Waals surface area contributed by atoms with Gasteiger partial charge in [-0.15, -0.1) is 0 Å². The highest BCUT2D eigenvalue weighted by molar-refractivity contribution is 6.69. The second kappa shape index (κ2) is 8.54. The van der Waals surface area contributed by atoms with E-state index < -0.39 is 19.5 Å². The van der Waals surface area contributed by atoms with Crippen LogP contribution in [0.15, 0.2) is 16.8 Å². The van der Waals surface area contributed by atoms with Crippen molar-refractivity contribution in [2.24, 2.45) is 33.7 Å². The van der Waals surface area contributed by atoms with Gasteiger partial charge in [-0.1, -0.05) is 19.0 Å². The molecule has 0 N–H and O–H groups in total. The number of Topliss-reactive ketones (excluding diaryl/α,β-unsaturated/α-hetero) is 1. The van der Waals surface area contributed by atoms with Crippen molar-refractivity contribution >= 4 is 25.8 Å². The molecule has 0 bridgehead atoms. The Labute approximate surface area is 212 Å². The van der Waals surface area contributed by atoms with Crippen molar-refractivity contribution in [1.82, 2.24) is 0 Å². The number of hydrogen-bond acceptors (Lipinski definition) is 6. The Bertz CT molecular complexity index is 969. The number of oxime groups is 1. The maximum atomic E-state index is 13.1. The van der Waals surface area contributed by atoms with Crippen LogP contribution in [0.25, 0.3) is 0 Å². The lowest BCUT2D eigenvalue weighted by Gasteiger charge is -2.63. The minimum absolute atomic E-state index is 0.00190. The van der Waals surface area contributed by atoms with E-state index in [4.69, 9.17) is 14.0 Å². The molecule has 6 nitrogen and oxygen atoms in total. The lowest BCUT2D eigenvalue weighted by atomic mass is 9.44. The molecule has 7 atom stereocenters. The smallest absolute Gasteiger partial charge is 0.303 e. The van der Waals surface area contributed by atoms with Crippen LogP contribution in [0.3, 0.4) is 0 Å². The first-order valence-electron chi connectivity index (χ1n) is 13.4. The first kappa shape index (κ1) is 26.6. The van der Waals surface area contributed by atoms with E-state index in [1.807, 2.05) is 0 Å². The Balaban J connectivity index is 1.82. The molecule has 0 unspecified atom stereocenters. The molecule has 7 heteroatoms. The van der Waals surface area contributed by atoms with E-state index >= 15 is 0 Å². The fourth-order valence-electron chi connectivity index (χ4n) is 9.01. The van der Waals surface area contributed by atoms with Gasteiger partial charge in [0.05, 0.1) is 11.3 Å². The molecule has 0 aromatic rings. The number of ketones is 1. The number of ether oxygens (including phenoxy) is 1. The van der Waals surface area contributed by atoms with Crippen LogP contribution >= 0.6 is 0 Å². The Kier molecular flexibility index (Phi) is 6.49. The Morgan fingerprint density at radius 3 is 2.26 bits per heavy atom. The summed E-state index contributed by atoms with van der Waals surface area (Å²) in [5.41, 5.74) is 0.628. The van der Waals surface area contributed by atoms with Gasteiger partial charge in [0.25, 0.3) is 0 Å². The maximum Gasteiger partial charge on any atom is 0.303 e. The van der Waals surface area contributed by atoms with Crippen LogP contribution in [0.4, 0.5) is 0 Å². The molecule has 0 aromatic carbocycles. The molecule has 0 aromatic heterocycles. The summed E-state index contributed by atoms with van der Waals surface area (Å²) in [7, 11) is -0.267. The molecule has 4 rings (SSSR count). The zero-order chi connectivity index (χ0) is 26.0. The molecule has 0 heterocycles. The van der Waals surface area contributed by atoms with E-state index in [-0.39, 0.29) is 22.6 Å². The van der Waals surface area contributed by atoms with E-state index in [0.717, 1.165) is 44.2 Å². The third-order valence-corrected chi connectivity index (χ3v) is 11.1. The normalized spacial score (nSPS) is 44.1. The Morgan fingerprint density at radius 2 is 1.69 bits per heavy atom. The molecule has 3 fully saturated rings. The zero-order valence-electron chi connectivity index (χ0n) is 23.2. The van der Waals surface area contributed by atoms with E-state index in [9.17, 15) is 9.59 Å². The number of esters is 1. The molecule has 3 saturated carbocycles. The van der Waals surface area contributed by atoms with Gasteiger partial charge in [-0.05, 0) is 113 Å². The molecule has 0 amide bonds. The summed E-state index contributed by atoms with van der Waals surface area (Å²) in [5, 5.41) is 4.31. The van der Waals surface area contributed by atoms with Crippen molar-refractivity contribution in [2.75, 3.05) is 7.11 Å². The van der Waals surface area contributed by atoms with Gasteiger partial charge in [0.2, 0.25) is 0 Å². The van der Waals surface area contributed by atoms with Gasteiger partial charge in [-0.25, -0.2) is 0 Å². The third-order valence-electron chi connectivity index (χ3n) is 10.0. The summed E-state index contributed by atoms with van der Waals surface area (Å²) in [4.78, 5) is 30.4. The van der Waals surface area contributed by atoms with Crippen LogP contribution in [0.1, 0.15) is 79.6 Å². The molecule has 0 spiro atoms. The highest BCUT2D eigenvalue weighted by Crippen LogP contribution is 2.70. The highest BCUT2D eigenvalue weighted by atomic mass is 28.4. The largest absolute Gasteiger partial charge is 0.451 e. The van der Waals surface area contributed by atoms with Gasteiger partial charge in [0.1, 0.15) is 7.11 Å². The predicted molar refractivity (Wildman–Crippen MR) is 140 cm³/mol. The van der Waals surface area contributed by atoms with Crippen LogP contribution in [0, 0.1) is 28.6 Å². The minimum Gasteiger partial charge on any atom is -0.451 e. The van der Waals surface area contributed by atoms with Crippen LogP contribution in [-0.4, -0.2) is 44.1 Å². The quantitative estimate of drug-likeness (QED) is 0.259. The van der Waals surface area contributed by atoms with Gasteiger partial charge in [0.15, 0.2) is 19.7 Å². The first-order valence-corrected chi connectivity index (χ1v) is 16.8. The van der Waals surface area contributed by atoms with E-state index in [0.29, 0.717) is 24.2 Å². The van der Waals surface area contributed by atoms with Gasteiger partial charge >= 0.3 is 5.97 Å². The summed E-state index contributed by atoms with van der Waals surface area (Å²) >= 11 is 0. The molecule has 4 aliphatic carbocycles. The summed E-state index contributed by atoms with van der Waals surface area (Å²) in [6, 6.07) is 0. The standard InChI is InChI=1S/C28H45NO5Si/c1-18(30)28(33-19(2)31)15-12-23-21-17-27(5,34-35(7,8)9)24-16-20(29-32-6)10-13-25(24,3)22(21)11-14-26(23,28)4/h16,21-23H,10-15,17H2,1-9H3/b29-20+/t21-,22+,23+,25-,26+,27-,28+/m1/s1. The van der Waals surface area contributed by atoms with Gasteiger partial charge in [-0.2, -0.15) is 0 Å². The van der Waals surface area contributed by atoms with Crippen molar-refractivity contribution in [1.29, 1.82) is 0 Å². The number of fused-ring (bicyclic) bond motifs is 5. The van der Waals surface area contributed by atoms with Crippen LogP contribution < -0.4 is 0 Å². The zero-order valence-corrected chi connectivity index (χ0v) is 24.2. The minimum atomic E-state index is -1.88. The topological polar surface area (TPSA) is 74.2 Å². The predicted octanol–water partition coefficient (Wildman–Crippen LogP) is 6.06. The van der Waals surface area contributed by atoms with Gasteiger partial charge in [0, 0.05) is 12.3 Å². The fourth-order valence-corrected chi connectivity index (χ4v) is 10.6. The van der Waals surface area contributed by atoms with Gasteiger partial charge in [-0.3, -0.25) is 9.59 Å². The monoisotopic (exact) mass is 503 g/mol. The van der Waals surface area contributed by atoms with Crippen molar-refractivity contribution in [3.8, 4) is 0 Å². The fraction of sp³-hybridized carbons (Fsp3) is 0.821. The second-order valence-corrected chi connectivity index (χ2v) is 17.7. The van der Waals surface area contributed by atoms with Crippen LogP contribution in [0.2, 0.25) is 19.6 Å². The van der Waals surface area contributed by atoms with Crippen molar-refractivity contribution < 1.29 is 23.6 Å². The molecule has 0 radical (unpaired) electrons. The molecule has 196 valence electrons. The number of nitrogens with zero attached hydrogens (tertiary/aromatic N) is 1. The summed E-state index contributed by atoms with van der Waals surface area (Å²) in [5.74, 6) is 0.887. The Morgan fingerprint density at radius 1 is 1.03 bits per heavy atom. The van der Waals surface area contributed by atoms with E-state index in [2.05, 4.69) is 51.6 Å². The van der Waals surface area contributed by atoms with Crippen molar-refractivity contribution in [3.05, 3.63) is 11.6 Å². The number of carbonyl (C=O) groups is 2. The lowest BCUT2D eigenvalue weighted by Crippen LogP contribution is -2.62. The number of carbonyl (C=O) groups excluding carboxylic acids is 2. The summed E-state index contributed by atoms with van der Waals surface area (Å²) in [6.07, 6.45) is 8.59. The molecule has 35 heavy (non-hydrogen) atoms. The van der Waals surface area contributed by atoms with E-state index in [1.165, 1.54) is 12.5 Å². The Hall–Kier alpha value is -1.47. The number of rotatable bonds is 5. The van der Waals surface area contributed by atoms with Crippen molar-refractivity contribution in [3.63, 3.8) is 0 Å². The first-order chi connectivity index (χ1) is 16.1. The SMILES string of the molecule is CO/N=C1/C=C2[C@](C)(O[Si](C)(C)C)C[C@@H]3[C@H](CC[C@@]4(C)[C@H]3CC[C@]4(OC(C)=O)C(C)=O)[C@@]2(C)CC1. The molecular weight excluding hydrogens is 458 g/mol. The third kappa shape index (κ3) is 4.05. The molecule has 0 aliphatic heterocycles. The average Bonchev–Trinajstić information content (AvgIpc) is 3.01. The van der Waals surface area contributed by atoms with Crippen LogP contribution in [-0.2, 0) is 23.6 Å². The number of allylic oxidation sites excluding steroid dienone is 1. The highest BCUT2D eigenvalue weighted by Gasteiger charge is 2.69. The average molecular weight is 504 g/mol. The number of hydrogen-bond donors (Lipinski definition) is 0.